The summed E-state index contributed by atoms with van der Waals surface area (Å²) < 4.78 is 5.41. The van der Waals surface area contributed by atoms with Gasteiger partial charge in [0, 0.05) is 24.3 Å². The maximum Gasteiger partial charge on any atom is 0.258 e. The first kappa shape index (κ1) is 15.2. The number of nitrogens with one attached hydrogen (secondary N) is 2. The number of anilines is 1. The van der Waals surface area contributed by atoms with Gasteiger partial charge in [0.05, 0.1) is 0 Å². The zero-order valence-corrected chi connectivity index (χ0v) is 12.5. The van der Waals surface area contributed by atoms with Crippen LogP contribution in [-0.4, -0.2) is 19.6 Å². The van der Waals surface area contributed by atoms with Crippen LogP contribution in [-0.2, 0) is 11.3 Å². The Morgan fingerprint density at radius 1 is 1.14 bits per heavy atom. The molecule has 4 nitrogen and oxygen atoms in total. The molecule has 5 heteroatoms. The summed E-state index contributed by atoms with van der Waals surface area (Å²) in [5.41, 5.74) is 1.87. The predicted octanol–water partition coefficient (Wildman–Crippen LogP) is 3.08. The van der Waals surface area contributed by atoms with E-state index in [-0.39, 0.29) is 12.5 Å². The van der Waals surface area contributed by atoms with Crippen LogP contribution >= 0.6 is 11.6 Å². The first-order valence-electron chi connectivity index (χ1n) is 6.60. The van der Waals surface area contributed by atoms with E-state index in [1.165, 1.54) is 0 Å². The van der Waals surface area contributed by atoms with E-state index >= 15 is 0 Å². The highest BCUT2D eigenvalue weighted by Crippen LogP contribution is 2.15. The Morgan fingerprint density at radius 3 is 2.52 bits per heavy atom. The molecule has 0 aliphatic rings. The van der Waals surface area contributed by atoms with Gasteiger partial charge in [0.25, 0.3) is 5.91 Å². The number of halogens is 1. The van der Waals surface area contributed by atoms with Gasteiger partial charge in [-0.1, -0.05) is 29.8 Å². The monoisotopic (exact) mass is 304 g/mol. The van der Waals surface area contributed by atoms with Crippen LogP contribution in [0.25, 0.3) is 0 Å². The number of carbonyl (C=O) groups is 1. The molecule has 0 bridgehead atoms. The Bertz CT molecular complexity index is 599. The van der Waals surface area contributed by atoms with Gasteiger partial charge in [-0.05, 0) is 35.9 Å². The summed E-state index contributed by atoms with van der Waals surface area (Å²) in [6.07, 6.45) is 0. The summed E-state index contributed by atoms with van der Waals surface area (Å²) in [6, 6.07) is 14.8. The zero-order chi connectivity index (χ0) is 15.1. The Hall–Kier alpha value is -2.20. The lowest BCUT2D eigenvalue weighted by molar-refractivity contribution is -0.123. The molecule has 2 N–H and O–H groups in total. The van der Waals surface area contributed by atoms with Crippen LogP contribution in [0.3, 0.4) is 0 Å². The van der Waals surface area contributed by atoms with Crippen LogP contribution in [0.4, 0.5) is 5.69 Å². The molecule has 0 unspecified atom stereocenters. The third-order valence-corrected chi connectivity index (χ3v) is 3.32. The van der Waals surface area contributed by atoms with E-state index < -0.39 is 0 Å². The van der Waals surface area contributed by atoms with Gasteiger partial charge < -0.3 is 15.4 Å². The van der Waals surface area contributed by atoms with E-state index in [1.54, 1.807) is 6.07 Å². The van der Waals surface area contributed by atoms with Gasteiger partial charge in [-0.3, -0.25) is 4.79 Å². The van der Waals surface area contributed by atoms with Gasteiger partial charge in [0.15, 0.2) is 6.61 Å². The van der Waals surface area contributed by atoms with Crippen molar-refractivity contribution in [2.45, 2.75) is 6.54 Å². The second-order valence-corrected chi connectivity index (χ2v) is 4.84. The molecule has 0 aliphatic heterocycles. The highest BCUT2D eigenvalue weighted by Gasteiger charge is 2.04. The molecule has 2 aromatic carbocycles. The lowest BCUT2D eigenvalue weighted by Gasteiger charge is -2.09. The zero-order valence-electron chi connectivity index (χ0n) is 11.7. The molecule has 0 saturated carbocycles. The minimum Gasteiger partial charge on any atom is -0.484 e. The smallest absolute Gasteiger partial charge is 0.258 e. The van der Waals surface area contributed by atoms with Crippen LogP contribution in [0.15, 0.2) is 48.5 Å². The van der Waals surface area contributed by atoms with Crippen molar-refractivity contribution in [3.8, 4) is 5.75 Å². The lowest BCUT2D eigenvalue weighted by Crippen LogP contribution is -2.28. The second kappa shape index (κ2) is 7.55. The lowest BCUT2D eigenvalue weighted by atomic mass is 10.2. The third-order valence-electron chi connectivity index (χ3n) is 2.95. The Labute approximate surface area is 129 Å². The average Bonchev–Trinajstić information content (AvgIpc) is 2.52. The number of rotatable bonds is 6. The molecule has 0 fully saturated rings. The summed E-state index contributed by atoms with van der Waals surface area (Å²) in [4.78, 5) is 11.7. The van der Waals surface area contributed by atoms with Gasteiger partial charge in [0.1, 0.15) is 5.75 Å². The fourth-order valence-electron chi connectivity index (χ4n) is 1.75. The maximum atomic E-state index is 11.7. The number of amides is 1. The van der Waals surface area contributed by atoms with Gasteiger partial charge in [-0.15, -0.1) is 0 Å². The highest BCUT2D eigenvalue weighted by molar-refractivity contribution is 6.31. The first-order chi connectivity index (χ1) is 10.2. The molecule has 0 heterocycles. The summed E-state index contributed by atoms with van der Waals surface area (Å²) in [5.74, 6) is 0.467. The van der Waals surface area contributed by atoms with Crippen molar-refractivity contribution >= 4 is 23.2 Å². The van der Waals surface area contributed by atoms with E-state index in [0.717, 1.165) is 11.3 Å². The molecule has 110 valence electrons. The number of carbonyl (C=O) groups excluding carboxylic acids is 1. The van der Waals surface area contributed by atoms with Crippen molar-refractivity contribution < 1.29 is 9.53 Å². The van der Waals surface area contributed by atoms with Gasteiger partial charge in [-0.25, -0.2) is 0 Å². The SMILES string of the molecule is CNc1ccc(OCC(=O)NCc2ccccc2Cl)cc1. The third kappa shape index (κ3) is 4.68. The Kier molecular flexibility index (Phi) is 5.46. The van der Waals surface area contributed by atoms with Gasteiger partial charge >= 0.3 is 0 Å². The van der Waals surface area contributed by atoms with E-state index in [4.69, 9.17) is 16.3 Å². The van der Waals surface area contributed by atoms with E-state index in [9.17, 15) is 4.79 Å². The predicted molar refractivity (Wildman–Crippen MR) is 84.8 cm³/mol. The van der Waals surface area contributed by atoms with E-state index in [1.807, 2.05) is 49.5 Å². The summed E-state index contributed by atoms with van der Waals surface area (Å²) in [6.45, 7) is 0.365. The Morgan fingerprint density at radius 2 is 1.86 bits per heavy atom. The molecule has 2 aromatic rings. The van der Waals surface area contributed by atoms with Crippen LogP contribution < -0.4 is 15.4 Å². The topological polar surface area (TPSA) is 50.4 Å². The van der Waals surface area contributed by atoms with E-state index in [2.05, 4.69) is 10.6 Å². The molecule has 0 radical (unpaired) electrons. The summed E-state index contributed by atoms with van der Waals surface area (Å²) >= 11 is 6.02. The van der Waals surface area contributed by atoms with Crippen molar-refractivity contribution in [3.63, 3.8) is 0 Å². The largest absolute Gasteiger partial charge is 0.484 e. The fraction of sp³-hybridized carbons (Fsp3) is 0.188. The maximum absolute atomic E-state index is 11.7. The van der Waals surface area contributed by atoms with Gasteiger partial charge in [0.2, 0.25) is 0 Å². The van der Waals surface area contributed by atoms with Crippen molar-refractivity contribution in [1.29, 1.82) is 0 Å². The molecule has 0 aliphatic carbocycles. The number of benzene rings is 2. The van der Waals surface area contributed by atoms with Crippen LogP contribution in [0.5, 0.6) is 5.75 Å². The van der Waals surface area contributed by atoms with Crippen molar-refractivity contribution in [3.05, 3.63) is 59.1 Å². The van der Waals surface area contributed by atoms with Crippen molar-refractivity contribution in [2.24, 2.45) is 0 Å². The number of ether oxygens (including phenoxy) is 1. The number of hydrogen-bond donors (Lipinski definition) is 2. The van der Waals surface area contributed by atoms with Crippen LogP contribution in [0.1, 0.15) is 5.56 Å². The normalized spacial score (nSPS) is 10.0. The molecule has 0 saturated heterocycles. The molecular weight excluding hydrogens is 288 g/mol. The standard InChI is InChI=1S/C16H17ClN2O2/c1-18-13-6-8-14(9-7-13)21-11-16(20)19-10-12-4-2-3-5-15(12)17/h2-9,18H,10-11H2,1H3,(H,19,20). The van der Waals surface area contributed by atoms with E-state index in [0.29, 0.717) is 17.3 Å². The quantitative estimate of drug-likeness (QED) is 0.862. The molecule has 1 amide bonds. The fourth-order valence-corrected chi connectivity index (χ4v) is 1.96. The number of hydrogen-bond acceptors (Lipinski definition) is 3. The highest BCUT2D eigenvalue weighted by atomic mass is 35.5. The average molecular weight is 305 g/mol. The van der Waals surface area contributed by atoms with Crippen molar-refractivity contribution in [1.82, 2.24) is 5.32 Å². The molecule has 0 spiro atoms. The second-order valence-electron chi connectivity index (χ2n) is 4.43. The van der Waals surface area contributed by atoms with Crippen LogP contribution in [0, 0.1) is 0 Å². The molecule has 0 aromatic heterocycles. The minimum absolute atomic E-state index is 0.0245. The van der Waals surface area contributed by atoms with Gasteiger partial charge in [-0.2, -0.15) is 0 Å². The Balaban J connectivity index is 1.78. The molecule has 0 atom stereocenters. The van der Waals surface area contributed by atoms with Crippen molar-refractivity contribution in [2.75, 3.05) is 19.0 Å². The molecule has 2 rings (SSSR count). The summed E-state index contributed by atoms with van der Waals surface area (Å²) in [5, 5.41) is 6.43. The first-order valence-corrected chi connectivity index (χ1v) is 6.97. The minimum atomic E-state index is -0.187. The molecule has 21 heavy (non-hydrogen) atoms. The molecular formula is C16H17ClN2O2. The van der Waals surface area contributed by atoms with Crippen LogP contribution in [0.2, 0.25) is 5.02 Å². The summed E-state index contributed by atoms with van der Waals surface area (Å²) in [7, 11) is 1.85.